The molecule has 0 atom stereocenters. The van der Waals surface area contributed by atoms with Crippen molar-refractivity contribution in [3.63, 3.8) is 0 Å². The molecule has 8 nitrogen and oxygen atoms in total. The zero-order chi connectivity index (χ0) is 25.9. The Balaban J connectivity index is 1.47. The van der Waals surface area contributed by atoms with Gasteiger partial charge in [0.1, 0.15) is 10.6 Å². The second-order valence-electron chi connectivity index (χ2n) is 8.71. The summed E-state index contributed by atoms with van der Waals surface area (Å²) in [5.41, 5.74) is 2.48. The van der Waals surface area contributed by atoms with Gasteiger partial charge in [-0.25, -0.2) is 4.98 Å². The minimum atomic E-state index is -0.207. The molecule has 3 heterocycles. The third-order valence-electron chi connectivity index (χ3n) is 6.24. The number of thiophene rings is 1. The van der Waals surface area contributed by atoms with Crippen molar-refractivity contribution in [1.29, 1.82) is 0 Å². The van der Waals surface area contributed by atoms with Gasteiger partial charge in [-0.2, -0.15) is 0 Å². The fourth-order valence-corrected chi connectivity index (χ4v) is 6.44. The molecule has 2 aromatic carbocycles. The van der Waals surface area contributed by atoms with Gasteiger partial charge in [-0.3, -0.25) is 19.0 Å². The number of benzene rings is 2. The summed E-state index contributed by atoms with van der Waals surface area (Å²) in [5, 5.41) is 3.99. The van der Waals surface area contributed by atoms with E-state index in [9.17, 15) is 14.4 Å². The van der Waals surface area contributed by atoms with Crippen molar-refractivity contribution in [2.45, 2.75) is 31.6 Å². The summed E-state index contributed by atoms with van der Waals surface area (Å²) in [4.78, 5) is 46.8. The molecular formula is C27H26N4O4S2. The van der Waals surface area contributed by atoms with Crippen LogP contribution in [0, 0.1) is 0 Å². The van der Waals surface area contributed by atoms with Crippen LogP contribution in [0.2, 0.25) is 0 Å². The molecule has 1 aliphatic rings. The first kappa shape index (κ1) is 25.0. The maximum Gasteiger partial charge on any atom is 0.263 e. The zero-order valence-electron chi connectivity index (χ0n) is 20.5. The molecule has 0 saturated heterocycles. The van der Waals surface area contributed by atoms with E-state index >= 15 is 0 Å². The van der Waals surface area contributed by atoms with Gasteiger partial charge >= 0.3 is 0 Å². The van der Waals surface area contributed by atoms with Crippen LogP contribution in [0.3, 0.4) is 0 Å². The van der Waals surface area contributed by atoms with Gasteiger partial charge in [0.05, 0.1) is 31.3 Å². The van der Waals surface area contributed by atoms with Gasteiger partial charge in [-0.15, -0.1) is 11.3 Å². The highest BCUT2D eigenvalue weighted by Crippen LogP contribution is 2.34. The smallest absolute Gasteiger partial charge is 0.263 e. The van der Waals surface area contributed by atoms with Crippen molar-refractivity contribution in [2.75, 3.05) is 24.7 Å². The number of hydrogen-bond donors (Lipinski definition) is 1. The third-order valence-corrected chi connectivity index (χ3v) is 8.33. The molecule has 0 aliphatic carbocycles. The number of rotatable bonds is 7. The van der Waals surface area contributed by atoms with E-state index in [4.69, 9.17) is 9.72 Å². The number of carbonyl (C=O) groups excluding carboxylic acids is 2. The van der Waals surface area contributed by atoms with Crippen LogP contribution in [0.25, 0.3) is 10.2 Å². The number of amides is 2. The molecule has 5 rings (SSSR count). The minimum Gasteiger partial charge on any atom is -0.497 e. The van der Waals surface area contributed by atoms with Crippen LogP contribution in [0.4, 0.5) is 5.69 Å². The first-order valence-corrected chi connectivity index (χ1v) is 13.6. The number of nitrogens with one attached hydrogen (secondary N) is 1. The molecule has 0 radical (unpaired) electrons. The first-order valence-electron chi connectivity index (χ1n) is 11.8. The van der Waals surface area contributed by atoms with Gasteiger partial charge in [0, 0.05) is 30.1 Å². The van der Waals surface area contributed by atoms with E-state index in [0.29, 0.717) is 52.9 Å². The van der Waals surface area contributed by atoms with Gasteiger partial charge in [0.25, 0.3) is 5.56 Å². The average Bonchev–Trinajstić information content (AvgIpc) is 3.27. The average molecular weight is 535 g/mol. The largest absolute Gasteiger partial charge is 0.497 e. The lowest BCUT2D eigenvalue weighted by molar-refractivity contribution is -0.129. The molecule has 2 aromatic heterocycles. The molecule has 37 heavy (non-hydrogen) atoms. The Morgan fingerprint density at radius 3 is 2.73 bits per heavy atom. The van der Waals surface area contributed by atoms with E-state index in [0.717, 1.165) is 16.0 Å². The molecule has 1 aliphatic heterocycles. The van der Waals surface area contributed by atoms with Gasteiger partial charge in [-0.05, 0) is 29.7 Å². The number of anilines is 1. The van der Waals surface area contributed by atoms with Crippen LogP contribution in [0.5, 0.6) is 5.75 Å². The van der Waals surface area contributed by atoms with Crippen LogP contribution in [0.1, 0.15) is 22.9 Å². The molecule has 0 saturated carbocycles. The van der Waals surface area contributed by atoms with Gasteiger partial charge in [0.15, 0.2) is 5.16 Å². The lowest BCUT2D eigenvalue weighted by atomic mass is 10.1. The number of carbonyl (C=O) groups is 2. The van der Waals surface area contributed by atoms with Gasteiger partial charge in [-0.1, -0.05) is 48.2 Å². The predicted molar refractivity (Wildman–Crippen MR) is 147 cm³/mol. The number of ether oxygens (including phenoxy) is 1. The normalized spacial score (nSPS) is 12.9. The van der Waals surface area contributed by atoms with Crippen molar-refractivity contribution < 1.29 is 14.3 Å². The highest BCUT2D eigenvalue weighted by molar-refractivity contribution is 7.99. The fraction of sp³-hybridized carbons (Fsp3) is 0.259. The fourth-order valence-electron chi connectivity index (χ4n) is 4.37. The van der Waals surface area contributed by atoms with Crippen molar-refractivity contribution in [3.8, 4) is 5.75 Å². The van der Waals surface area contributed by atoms with Crippen LogP contribution >= 0.6 is 23.1 Å². The Morgan fingerprint density at radius 2 is 1.97 bits per heavy atom. The third kappa shape index (κ3) is 5.40. The Labute approximate surface area is 222 Å². The number of aromatic nitrogens is 2. The lowest BCUT2D eigenvalue weighted by Crippen LogP contribution is -2.34. The molecule has 0 unspecified atom stereocenters. The Hall–Kier alpha value is -3.63. The van der Waals surface area contributed by atoms with Crippen molar-refractivity contribution >= 4 is 50.8 Å². The second-order valence-corrected chi connectivity index (χ2v) is 10.7. The SMILES string of the molecule is COc1cccc(NC(=O)CSc2nc3sc4c(c3c(=O)n2Cc2ccccc2)CCN(C(C)=O)C4)c1. The Morgan fingerprint density at radius 1 is 1.16 bits per heavy atom. The number of nitrogens with zero attached hydrogens (tertiary/aromatic N) is 3. The molecule has 190 valence electrons. The quantitative estimate of drug-likeness (QED) is 0.283. The standard InChI is InChI=1S/C27H26N4O4S2/c1-17(32)30-12-11-21-22(15-30)37-25-24(21)26(34)31(14-18-7-4-3-5-8-18)27(29-25)36-16-23(33)28-19-9-6-10-20(13-19)35-2/h3-10,13H,11-12,14-16H2,1-2H3,(H,28,33). The number of hydrogen-bond acceptors (Lipinski definition) is 7. The lowest BCUT2D eigenvalue weighted by Gasteiger charge is -2.25. The topological polar surface area (TPSA) is 93.5 Å². The Bertz CT molecular complexity index is 1530. The Kier molecular flexibility index (Phi) is 7.29. The summed E-state index contributed by atoms with van der Waals surface area (Å²) < 4.78 is 6.88. The van der Waals surface area contributed by atoms with Gasteiger partial charge in [0.2, 0.25) is 11.8 Å². The van der Waals surface area contributed by atoms with Crippen LogP contribution in [-0.2, 0) is 29.1 Å². The van der Waals surface area contributed by atoms with E-state index in [1.54, 1.807) is 41.7 Å². The van der Waals surface area contributed by atoms with E-state index in [1.807, 2.05) is 36.4 Å². The number of fused-ring (bicyclic) bond motifs is 3. The summed E-state index contributed by atoms with van der Waals surface area (Å²) >= 11 is 2.69. The van der Waals surface area contributed by atoms with E-state index < -0.39 is 0 Å². The highest BCUT2D eigenvalue weighted by atomic mass is 32.2. The summed E-state index contributed by atoms with van der Waals surface area (Å²) in [6.07, 6.45) is 0.632. The molecule has 0 spiro atoms. The summed E-state index contributed by atoms with van der Waals surface area (Å²) in [7, 11) is 1.57. The second kappa shape index (κ2) is 10.8. The minimum absolute atomic E-state index is 0.0239. The predicted octanol–water partition coefficient (Wildman–Crippen LogP) is 4.15. The van der Waals surface area contributed by atoms with Crippen LogP contribution < -0.4 is 15.6 Å². The maximum absolute atomic E-state index is 13.8. The number of methoxy groups -OCH3 is 1. The van der Waals surface area contributed by atoms with E-state index in [1.165, 1.54) is 23.1 Å². The van der Waals surface area contributed by atoms with Gasteiger partial charge < -0.3 is 15.0 Å². The highest BCUT2D eigenvalue weighted by Gasteiger charge is 2.26. The van der Waals surface area contributed by atoms with Crippen molar-refractivity contribution in [1.82, 2.24) is 14.5 Å². The molecule has 2 amide bonds. The van der Waals surface area contributed by atoms with Crippen LogP contribution in [0.15, 0.2) is 64.5 Å². The summed E-state index contributed by atoms with van der Waals surface area (Å²) in [6.45, 7) is 3.00. The summed E-state index contributed by atoms with van der Waals surface area (Å²) in [5.74, 6) is 0.559. The van der Waals surface area contributed by atoms with Crippen LogP contribution in [-0.4, -0.2) is 45.7 Å². The molecule has 1 N–H and O–H groups in total. The maximum atomic E-state index is 13.8. The van der Waals surface area contributed by atoms with Crippen molar-refractivity contribution in [2.24, 2.45) is 0 Å². The number of thioether (sulfide) groups is 1. The molecule has 4 aromatic rings. The van der Waals surface area contributed by atoms with E-state index in [-0.39, 0.29) is 23.1 Å². The molecule has 0 bridgehead atoms. The first-order chi connectivity index (χ1) is 17.9. The van der Waals surface area contributed by atoms with E-state index in [2.05, 4.69) is 5.32 Å². The molecular weight excluding hydrogens is 508 g/mol. The summed E-state index contributed by atoms with van der Waals surface area (Å²) in [6, 6.07) is 16.9. The van der Waals surface area contributed by atoms with Crippen molar-refractivity contribution in [3.05, 3.63) is 81.0 Å². The zero-order valence-corrected chi connectivity index (χ0v) is 22.2. The molecule has 10 heteroatoms. The monoisotopic (exact) mass is 534 g/mol. The molecule has 0 fully saturated rings.